The van der Waals surface area contributed by atoms with E-state index in [-0.39, 0.29) is 10.9 Å². The lowest BCUT2D eigenvalue weighted by Gasteiger charge is -2.12. The molecule has 1 heterocycles. The molecule has 0 spiro atoms. The van der Waals surface area contributed by atoms with Crippen LogP contribution in [0.3, 0.4) is 0 Å². The standard InChI is InChI=1S/C14H14N2O4S/c1-18-10-6-5-9(8-12(10)19-2)15-14(21)16-13(17)11-4-3-7-20-11/h3-8H,1-2H3,(H2,15,16,17,21). The third kappa shape index (κ3) is 3.73. The van der Waals surface area contributed by atoms with Gasteiger partial charge in [0.1, 0.15) is 0 Å². The molecule has 0 radical (unpaired) electrons. The van der Waals surface area contributed by atoms with Crippen LogP contribution in [0.15, 0.2) is 41.0 Å². The number of carbonyl (C=O) groups is 1. The smallest absolute Gasteiger partial charge is 0.293 e. The minimum absolute atomic E-state index is 0.156. The van der Waals surface area contributed by atoms with E-state index < -0.39 is 5.91 Å². The van der Waals surface area contributed by atoms with Crippen LogP contribution >= 0.6 is 12.2 Å². The average molecular weight is 306 g/mol. The predicted octanol–water partition coefficient (Wildman–Crippen LogP) is 2.42. The molecule has 2 rings (SSSR count). The summed E-state index contributed by atoms with van der Waals surface area (Å²) in [6.07, 6.45) is 1.42. The van der Waals surface area contributed by atoms with Crippen LogP contribution in [0.25, 0.3) is 0 Å². The van der Waals surface area contributed by atoms with Gasteiger partial charge in [-0.3, -0.25) is 10.1 Å². The SMILES string of the molecule is COc1ccc(NC(=S)NC(=O)c2ccco2)cc1OC. The Kier molecular flexibility index (Phi) is 4.78. The van der Waals surface area contributed by atoms with E-state index in [1.54, 1.807) is 44.6 Å². The third-order valence-corrected chi connectivity index (χ3v) is 2.82. The summed E-state index contributed by atoms with van der Waals surface area (Å²) >= 11 is 5.07. The molecule has 110 valence electrons. The summed E-state index contributed by atoms with van der Waals surface area (Å²) in [4.78, 5) is 11.8. The molecule has 0 atom stereocenters. The molecule has 0 saturated heterocycles. The first kappa shape index (κ1) is 14.9. The van der Waals surface area contributed by atoms with Gasteiger partial charge in [0.15, 0.2) is 22.4 Å². The van der Waals surface area contributed by atoms with Crippen LogP contribution in [0.1, 0.15) is 10.6 Å². The quantitative estimate of drug-likeness (QED) is 0.845. The Labute approximate surface area is 127 Å². The first-order valence-electron chi connectivity index (χ1n) is 6.02. The van der Waals surface area contributed by atoms with Crippen molar-refractivity contribution in [3.63, 3.8) is 0 Å². The minimum Gasteiger partial charge on any atom is -0.493 e. The first-order valence-corrected chi connectivity index (χ1v) is 6.42. The van der Waals surface area contributed by atoms with Gasteiger partial charge in [-0.1, -0.05) is 0 Å². The zero-order chi connectivity index (χ0) is 15.2. The Balaban J connectivity index is 2.01. The topological polar surface area (TPSA) is 72.7 Å². The normalized spacial score (nSPS) is 9.81. The maximum Gasteiger partial charge on any atom is 0.293 e. The van der Waals surface area contributed by atoms with Crippen LogP contribution < -0.4 is 20.1 Å². The van der Waals surface area contributed by atoms with Gasteiger partial charge in [-0.2, -0.15) is 0 Å². The van der Waals surface area contributed by atoms with Crippen molar-refractivity contribution in [1.29, 1.82) is 0 Å². The van der Waals surface area contributed by atoms with Crippen molar-refractivity contribution < 1.29 is 18.7 Å². The van der Waals surface area contributed by atoms with E-state index in [0.717, 1.165) is 0 Å². The molecule has 1 aromatic carbocycles. The molecular formula is C14H14N2O4S. The second kappa shape index (κ2) is 6.76. The monoisotopic (exact) mass is 306 g/mol. The number of amides is 1. The summed E-state index contributed by atoms with van der Waals surface area (Å²) in [5.41, 5.74) is 0.664. The number of benzene rings is 1. The molecule has 7 heteroatoms. The first-order chi connectivity index (χ1) is 10.1. The van der Waals surface area contributed by atoms with E-state index in [2.05, 4.69) is 10.6 Å². The number of furan rings is 1. The van der Waals surface area contributed by atoms with Gasteiger partial charge < -0.3 is 19.2 Å². The van der Waals surface area contributed by atoms with Crippen molar-refractivity contribution in [2.75, 3.05) is 19.5 Å². The van der Waals surface area contributed by atoms with E-state index in [1.807, 2.05) is 0 Å². The molecule has 0 saturated carbocycles. The van der Waals surface area contributed by atoms with Crippen LogP contribution in [0.2, 0.25) is 0 Å². The third-order valence-electron chi connectivity index (χ3n) is 2.61. The number of carbonyl (C=O) groups excluding carboxylic acids is 1. The lowest BCUT2D eigenvalue weighted by molar-refractivity contribution is 0.0950. The highest BCUT2D eigenvalue weighted by atomic mass is 32.1. The Bertz CT molecular complexity index is 640. The van der Waals surface area contributed by atoms with Crippen LogP contribution in [-0.4, -0.2) is 25.2 Å². The van der Waals surface area contributed by atoms with Crippen molar-refractivity contribution in [2.45, 2.75) is 0 Å². The fourth-order valence-corrected chi connectivity index (χ4v) is 1.86. The molecule has 2 N–H and O–H groups in total. The summed E-state index contributed by atoms with van der Waals surface area (Å²) in [6.45, 7) is 0. The van der Waals surface area contributed by atoms with Gasteiger partial charge in [0.25, 0.3) is 5.91 Å². The van der Waals surface area contributed by atoms with Crippen LogP contribution in [-0.2, 0) is 0 Å². The van der Waals surface area contributed by atoms with Gasteiger partial charge in [0, 0.05) is 11.8 Å². The summed E-state index contributed by atoms with van der Waals surface area (Å²) < 4.78 is 15.3. The van der Waals surface area contributed by atoms with Crippen molar-refractivity contribution in [3.8, 4) is 11.5 Å². The molecule has 0 aliphatic rings. The number of ether oxygens (including phenoxy) is 2. The Morgan fingerprint density at radius 1 is 1.19 bits per heavy atom. The Morgan fingerprint density at radius 3 is 2.57 bits per heavy atom. The number of nitrogens with one attached hydrogen (secondary N) is 2. The van der Waals surface area contributed by atoms with Crippen molar-refractivity contribution >= 4 is 28.9 Å². The second-order valence-electron chi connectivity index (χ2n) is 3.96. The molecule has 0 bridgehead atoms. The minimum atomic E-state index is -0.419. The average Bonchev–Trinajstić information content (AvgIpc) is 3.01. The zero-order valence-electron chi connectivity index (χ0n) is 11.5. The summed E-state index contributed by atoms with van der Waals surface area (Å²) in [5.74, 6) is 0.931. The lowest BCUT2D eigenvalue weighted by atomic mass is 10.3. The number of thiocarbonyl (C=S) groups is 1. The van der Waals surface area contributed by atoms with Gasteiger partial charge in [-0.15, -0.1) is 0 Å². The zero-order valence-corrected chi connectivity index (χ0v) is 12.3. The number of hydrogen-bond acceptors (Lipinski definition) is 5. The van der Waals surface area contributed by atoms with Crippen LogP contribution in [0, 0.1) is 0 Å². The molecule has 1 amide bonds. The van der Waals surface area contributed by atoms with Crippen molar-refractivity contribution in [2.24, 2.45) is 0 Å². The number of hydrogen-bond donors (Lipinski definition) is 2. The molecule has 6 nitrogen and oxygen atoms in total. The molecule has 0 unspecified atom stereocenters. The Hall–Kier alpha value is -2.54. The second-order valence-corrected chi connectivity index (χ2v) is 4.36. The van der Waals surface area contributed by atoms with E-state index >= 15 is 0 Å². The van der Waals surface area contributed by atoms with Crippen LogP contribution in [0.5, 0.6) is 11.5 Å². The molecule has 2 aromatic rings. The highest BCUT2D eigenvalue weighted by Crippen LogP contribution is 2.29. The van der Waals surface area contributed by atoms with Gasteiger partial charge in [0.2, 0.25) is 0 Å². The highest BCUT2D eigenvalue weighted by Gasteiger charge is 2.11. The number of methoxy groups -OCH3 is 2. The predicted molar refractivity (Wildman–Crippen MR) is 81.9 cm³/mol. The highest BCUT2D eigenvalue weighted by molar-refractivity contribution is 7.80. The molecule has 0 aliphatic heterocycles. The fraction of sp³-hybridized carbons (Fsp3) is 0.143. The molecule has 0 fully saturated rings. The summed E-state index contributed by atoms with van der Waals surface area (Å²) in [5, 5.41) is 5.55. The fourth-order valence-electron chi connectivity index (χ4n) is 1.65. The molecule has 0 aliphatic carbocycles. The van der Waals surface area contributed by atoms with E-state index in [1.165, 1.54) is 6.26 Å². The van der Waals surface area contributed by atoms with Gasteiger partial charge in [-0.05, 0) is 36.5 Å². The maximum absolute atomic E-state index is 11.8. The van der Waals surface area contributed by atoms with Gasteiger partial charge in [0.05, 0.1) is 20.5 Å². The maximum atomic E-state index is 11.8. The van der Waals surface area contributed by atoms with Crippen molar-refractivity contribution in [1.82, 2.24) is 5.32 Å². The van der Waals surface area contributed by atoms with Crippen LogP contribution in [0.4, 0.5) is 5.69 Å². The van der Waals surface area contributed by atoms with E-state index in [0.29, 0.717) is 17.2 Å². The van der Waals surface area contributed by atoms with Crippen molar-refractivity contribution in [3.05, 3.63) is 42.4 Å². The molecule has 1 aromatic heterocycles. The van der Waals surface area contributed by atoms with E-state index in [9.17, 15) is 4.79 Å². The molecular weight excluding hydrogens is 292 g/mol. The Morgan fingerprint density at radius 2 is 1.95 bits per heavy atom. The van der Waals surface area contributed by atoms with Gasteiger partial charge in [-0.25, -0.2) is 0 Å². The molecule has 21 heavy (non-hydrogen) atoms. The van der Waals surface area contributed by atoms with Gasteiger partial charge >= 0.3 is 0 Å². The summed E-state index contributed by atoms with van der Waals surface area (Å²) in [6, 6.07) is 8.38. The van der Waals surface area contributed by atoms with E-state index in [4.69, 9.17) is 26.1 Å². The number of anilines is 1. The largest absolute Gasteiger partial charge is 0.493 e. The lowest BCUT2D eigenvalue weighted by Crippen LogP contribution is -2.33. The summed E-state index contributed by atoms with van der Waals surface area (Å²) in [7, 11) is 3.10. The number of rotatable bonds is 4.